The van der Waals surface area contributed by atoms with E-state index < -0.39 is 0 Å². The molecular weight excluding hydrogens is 88.1 g/mol. The molecule has 0 aliphatic carbocycles. The van der Waals surface area contributed by atoms with E-state index >= 15 is 0 Å². The van der Waals surface area contributed by atoms with Gasteiger partial charge in [-0.2, -0.15) is 0 Å². The Bertz CT molecular complexity index is 35.1. The minimum atomic E-state index is 0.347. The molecule has 44 valence electrons. The summed E-state index contributed by atoms with van der Waals surface area (Å²) in [5.41, 5.74) is 5.45. The van der Waals surface area contributed by atoms with E-state index in [1.165, 1.54) is 0 Å². The second-order valence-electron chi connectivity index (χ2n) is 1.91. The Hall–Kier alpha value is -0.0800. The Labute approximate surface area is 45.1 Å². The fourth-order valence-electron chi connectivity index (χ4n) is 0.430. The Balaban J connectivity index is 2.68. The molecule has 0 heterocycles. The second kappa shape index (κ2) is 4.09. The van der Waals surface area contributed by atoms with Crippen molar-refractivity contribution in [3.8, 4) is 0 Å². The molecule has 0 aromatic carbocycles. The summed E-state index contributed by atoms with van der Waals surface area (Å²) in [6.45, 7) is 6.34. The normalized spacial score (nSPS) is 14.1. The van der Waals surface area contributed by atoms with Crippen molar-refractivity contribution in [2.75, 3.05) is 13.1 Å². The summed E-state index contributed by atoms with van der Waals surface area (Å²) in [5, 5.41) is 2.20. The Morgan fingerprint density at radius 3 is 2.43 bits per heavy atom. The summed E-state index contributed by atoms with van der Waals surface area (Å²) in [5.74, 6) is 0. The maximum absolute atomic E-state index is 5.45. The van der Waals surface area contributed by atoms with Crippen molar-refractivity contribution in [3.63, 3.8) is 0 Å². The van der Waals surface area contributed by atoms with Gasteiger partial charge in [-0.3, -0.25) is 0 Å². The summed E-state index contributed by atoms with van der Waals surface area (Å²) in [4.78, 5) is 0. The Kier molecular flexibility index (Phi) is 4.04. The molecule has 0 aliphatic heterocycles. The van der Waals surface area contributed by atoms with Crippen LogP contribution in [-0.2, 0) is 0 Å². The second-order valence-corrected chi connectivity index (χ2v) is 1.91. The molecule has 0 aromatic heterocycles. The van der Waals surface area contributed by atoms with E-state index in [2.05, 4.69) is 12.2 Å². The molecule has 0 aromatic rings. The quantitative estimate of drug-likeness (QED) is 0.468. The van der Waals surface area contributed by atoms with Crippen molar-refractivity contribution in [1.82, 2.24) is 0 Å². The van der Waals surface area contributed by atoms with Crippen LogP contribution in [0.1, 0.15) is 13.8 Å². The van der Waals surface area contributed by atoms with Crippen molar-refractivity contribution < 1.29 is 5.32 Å². The van der Waals surface area contributed by atoms with Gasteiger partial charge >= 0.3 is 0 Å². The van der Waals surface area contributed by atoms with Crippen LogP contribution in [0.4, 0.5) is 0 Å². The van der Waals surface area contributed by atoms with Crippen LogP contribution in [0.15, 0.2) is 0 Å². The van der Waals surface area contributed by atoms with Crippen molar-refractivity contribution in [3.05, 3.63) is 0 Å². The SMILES string of the molecule is CC[NH2+]CC(C)N. The zero-order valence-electron chi connectivity index (χ0n) is 5.15. The van der Waals surface area contributed by atoms with Crippen molar-refractivity contribution in [1.29, 1.82) is 0 Å². The van der Waals surface area contributed by atoms with Crippen LogP contribution < -0.4 is 11.1 Å². The lowest BCUT2D eigenvalue weighted by molar-refractivity contribution is -0.652. The smallest absolute Gasteiger partial charge is 0.0906 e. The molecule has 2 heteroatoms. The van der Waals surface area contributed by atoms with Gasteiger partial charge in [0.2, 0.25) is 0 Å². The van der Waals surface area contributed by atoms with Crippen molar-refractivity contribution in [2.45, 2.75) is 19.9 Å². The largest absolute Gasteiger partial charge is 0.345 e. The number of nitrogens with two attached hydrogens (primary N) is 2. The standard InChI is InChI=1S/C5H14N2/c1-3-7-4-5(2)6/h5,7H,3-4,6H2,1-2H3/p+1. The van der Waals surface area contributed by atoms with E-state index in [1.807, 2.05) is 6.92 Å². The van der Waals surface area contributed by atoms with Gasteiger partial charge in [0, 0.05) is 0 Å². The minimum Gasteiger partial charge on any atom is -0.345 e. The highest BCUT2D eigenvalue weighted by Gasteiger charge is 1.90. The molecule has 1 atom stereocenters. The van der Waals surface area contributed by atoms with Gasteiger partial charge in [0.05, 0.1) is 19.1 Å². The summed E-state index contributed by atoms with van der Waals surface area (Å²) in [7, 11) is 0. The zero-order chi connectivity index (χ0) is 5.70. The lowest BCUT2D eigenvalue weighted by atomic mass is 10.4. The summed E-state index contributed by atoms with van der Waals surface area (Å²) >= 11 is 0. The van der Waals surface area contributed by atoms with Gasteiger partial charge in [-0.15, -0.1) is 0 Å². The average Bonchev–Trinajstić information content (AvgIpc) is 1.61. The number of likely N-dealkylation sites (N-methyl/N-ethyl adjacent to an activating group) is 1. The van der Waals surface area contributed by atoms with Crippen LogP contribution in [-0.4, -0.2) is 19.1 Å². The van der Waals surface area contributed by atoms with Crippen LogP contribution in [0.25, 0.3) is 0 Å². The highest BCUT2D eigenvalue weighted by Crippen LogP contribution is 1.59. The molecule has 0 spiro atoms. The lowest BCUT2D eigenvalue weighted by Gasteiger charge is -1.99. The van der Waals surface area contributed by atoms with E-state index in [4.69, 9.17) is 5.73 Å². The van der Waals surface area contributed by atoms with Gasteiger partial charge < -0.3 is 11.1 Å². The van der Waals surface area contributed by atoms with Crippen LogP contribution in [0, 0.1) is 0 Å². The first-order chi connectivity index (χ1) is 3.27. The molecule has 1 unspecified atom stereocenters. The predicted octanol–water partition coefficient (Wildman–Crippen LogP) is -1.08. The van der Waals surface area contributed by atoms with Crippen LogP contribution in [0.5, 0.6) is 0 Å². The van der Waals surface area contributed by atoms with Gasteiger partial charge in [-0.1, -0.05) is 0 Å². The molecule has 0 saturated carbocycles. The van der Waals surface area contributed by atoms with Gasteiger partial charge in [0.1, 0.15) is 0 Å². The number of hydrogen-bond donors (Lipinski definition) is 2. The predicted molar refractivity (Wildman–Crippen MR) is 31.0 cm³/mol. The number of rotatable bonds is 3. The van der Waals surface area contributed by atoms with E-state index in [1.54, 1.807) is 0 Å². The van der Waals surface area contributed by atoms with E-state index in [9.17, 15) is 0 Å². The summed E-state index contributed by atoms with van der Waals surface area (Å²) in [6.07, 6.45) is 0. The third-order valence-electron chi connectivity index (χ3n) is 0.827. The van der Waals surface area contributed by atoms with E-state index in [0.717, 1.165) is 13.1 Å². The molecule has 0 saturated heterocycles. The molecule has 7 heavy (non-hydrogen) atoms. The van der Waals surface area contributed by atoms with Crippen LogP contribution >= 0.6 is 0 Å². The van der Waals surface area contributed by atoms with Crippen molar-refractivity contribution >= 4 is 0 Å². The molecule has 2 nitrogen and oxygen atoms in total. The molecule has 4 N–H and O–H groups in total. The topological polar surface area (TPSA) is 42.6 Å². The monoisotopic (exact) mass is 103 g/mol. The van der Waals surface area contributed by atoms with Crippen LogP contribution in [0.3, 0.4) is 0 Å². The molecule has 0 radical (unpaired) electrons. The van der Waals surface area contributed by atoms with Gasteiger partial charge in [-0.25, -0.2) is 0 Å². The number of quaternary nitrogens is 1. The minimum absolute atomic E-state index is 0.347. The molecule has 0 aliphatic rings. The molecule has 0 fully saturated rings. The van der Waals surface area contributed by atoms with Gasteiger partial charge in [-0.05, 0) is 13.8 Å². The first kappa shape index (κ1) is 6.92. The third-order valence-corrected chi connectivity index (χ3v) is 0.827. The van der Waals surface area contributed by atoms with Crippen molar-refractivity contribution in [2.24, 2.45) is 5.73 Å². The molecular formula is C5H15N2+. The maximum Gasteiger partial charge on any atom is 0.0906 e. The van der Waals surface area contributed by atoms with Gasteiger partial charge in [0.25, 0.3) is 0 Å². The first-order valence-corrected chi connectivity index (χ1v) is 2.84. The molecule has 0 bridgehead atoms. The fourth-order valence-corrected chi connectivity index (χ4v) is 0.430. The van der Waals surface area contributed by atoms with Crippen LogP contribution in [0.2, 0.25) is 0 Å². The summed E-state index contributed by atoms with van der Waals surface area (Å²) < 4.78 is 0. The van der Waals surface area contributed by atoms with E-state index in [-0.39, 0.29) is 0 Å². The third kappa shape index (κ3) is 5.92. The fraction of sp³-hybridized carbons (Fsp3) is 1.00. The highest BCUT2D eigenvalue weighted by molar-refractivity contribution is 4.43. The molecule has 0 rings (SSSR count). The number of hydrogen-bond acceptors (Lipinski definition) is 1. The van der Waals surface area contributed by atoms with Gasteiger partial charge in [0.15, 0.2) is 0 Å². The summed E-state index contributed by atoms with van der Waals surface area (Å²) in [6, 6.07) is 0.347. The van der Waals surface area contributed by atoms with E-state index in [0.29, 0.717) is 6.04 Å². The Morgan fingerprint density at radius 2 is 2.29 bits per heavy atom. The Morgan fingerprint density at radius 1 is 1.71 bits per heavy atom. The highest BCUT2D eigenvalue weighted by atomic mass is 14.9. The first-order valence-electron chi connectivity index (χ1n) is 2.84. The molecule has 0 amide bonds. The maximum atomic E-state index is 5.45. The zero-order valence-corrected chi connectivity index (χ0v) is 5.15. The average molecular weight is 103 g/mol. The lowest BCUT2D eigenvalue weighted by Crippen LogP contribution is -2.86.